The van der Waals surface area contributed by atoms with Crippen LogP contribution in [0.15, 0.2) is 4.99 Å². The fourth-order valence-corrected chi connectivity index (χ4v) is 1.37. The molecule has 2 N–H and O–H groups in total. The van der Waals surface area contributed by atoms with Crippen molar-refractivity contribution in [3.63, 3.8) is 0 Å². The quantitative estimate of drug-likeness (QED) is 0.405. The Morgan fingerprint density at radius 1 is 1.22 bits per heavy atom. The molecule has 0 heterocycles. The summed E-state index contributed by atoms with van der Waals surface area (Å²) < 4.78 is 0. The molecule has 0 aliphatic heterocycles. The van der Waals surface area contributed by atoms with Gasteiger partial charge in [-0.15, -0.1) is 24.0 Å². The van der Waals surface area contributed by atoms with Gasteiger partial charge in [0, 0.05) is 27.2 Å². The number of hydrogen-bond donors (Lipinski definition) is 2. The molecule has 0 bridgehead atoms. The number of aliphatic imine (C=N–C) groups is 1. The Bertz CT molecular complexity index is 246. The predicted octanol–water partition coefficient (Wildman–Crippen LogP) is 1.44. The van der Waals surface area contributed by atoms with Crippen molar-refractivity contribution in [1.82, 2.24) is 15.5 Å². The predicted molar refractivity (Wildman–Crippen MR) is 87.6 cm³/mol. The summed E-state index contributed by atoms with van der Waals surface area (Å²) in [5, 5.41) is 5.87. The summed E-state index contributed by atoms with van der Waals surface area (Å²) in [5.74, 6) is 0.780. The van der Waals surface area contributed by atoms with Crippen LogP contribution in [-0.4, -0.2) is 50.5 Å². The van der Waals surface area contributed by atoms with Gasteiger partial charge in [-0.3, -0.25) is 9.79 Å². The second-order valence-corrected chi connectivity index (χ2v) is 4.03. The minimum atomic E-state index is 0. The van der Waals surface area contributed by atoms with Gasteiger partial charge in [0.1, 0.15) is 0 Å². The summed E-state index contributed by atoms with van der Waals surface area (Å²) >= 11 is 0. The summed E-state index contributed by atoms with van der Waals surface area (Å²) in [6.07, 6.45) is 3.23. The number of unbranched alkanes of at least 4 members (excludes halogenated alkanes) is 1. The largest absolute Gasteiger partial charge is 0.355 e. The molecule has 0 spiro atoms. The minimum Gasteiger partial charge on any atom is -0.355 e. The maximum atomic E-state index is 11.4. The van der Waals surface area contributed by atoms with E-state index in [9.17, 15) is 4.79 Å². The first-order valence-electron chi connectivity index (χ1n) is 6.34. The van der Waals surface area contributed by atoms with E-state index < -0.39 is 0 Å². The second-order valence-electron chi connectivity index (χ2n) is 4.03. The van der Waals surface area contributed by atoms with E-state index in [0.717, 1.165) is 38.3 Å². The Labute approximate surface area is 128 Å². The lowest BCUT2D eigenvalue weighted by atomic mass is 10.3. The van der Waals surface area contributed by atoms with Crippen LogP contribution >= 0.6 is 24.0 Å². The van der Waals surface area contributed by atoms with Gasteiger partial charge in [0.05, 0.1) is 6.54 Å². The molecular formula is C12H27IN4O. The third-order valence-corrected chi connectivity index (χ3v) is 2.40. The average molecular weight is 370 g/mol. The zero-order valence-corrected chi connectivity index (χ0v) is 14.3. The number of carbonyl (C=O) groups is 1. The standard InChI is InChI=1S/C12H26N4O.HI/c1-5-7-9-16(4)12(13-3)15-10-11(17)14-8-6-2;/h5-10H2,1-4H3,(H,13,15)(H,14,17);1H. The van der Waals surface area contributed by atoms with E-state index in [1.807, 2.05) is 18.9 Å². The second kappa shape index (κ2) is 12.9. The Morgan fingerprint density at radius 2 is 1.89 bits per heavy atom. The van der Waals surface area contributed by atoms with E-state index >= 15 is 0 Å². The Balaban J connectivity index is 0. The van der Waals surface area contributed by atoms with Gasteiger partial charge in [0.15, 0.2) is 5.96 Å². The van der Waals surface area contributed by atoms with Crippen molar-refractivity contribution in [2.24, 2.45) is 4.99 Å². The van der Waals surface area contributed by atoms with E-state index in [2.05, 4.69) is 22.5 Å². The number of guanidine groups is 1. The molecule has 0 rings (SSSR count). The highest BCUT2D eigenvalue weighted by atomic mass is 127. The van der Waals surface area contributed by atoms with Gasteiger partial charge in [-0.25, -0.2) is 0 Å². The van der Waals surface area contributed by atoms with Gasteiger partial charge < -0.3 is 15.5 Å². The smallest absolute Gasteiger partial charge is 0.239 e. The molecule has 0 aromatic rings. The van der Waals surface area contributed by atoms with Crippen molar-refractivity contribution >= 4 is 35.8 Å². The number of nitrogens with zero attached hydrogens (tertiary/aromatic N) is 2. The molecule has 108 valence electrons. The first-order valence-corrected chi connectivity index (χ1v) is 6.34. The first-order chi connectivity index (χ1) is 8.15. The first kappa shape index (κ1) is 19.8. The number of rotatable bonds is 7. The average Bonchev–Trinajstić information content (AvgIpc) is 2.34. The third kappa shape index (κ3) is 9.49. The summed E-state index contributed by atoms with van der Waals surface area (Å²) in [4.78, 5) is 17.6. The number of hydrogen-bond acceptors (Lipinski definition) is 2. The molecule has 0 fully saturated rings. The molecule has 0 aromatic heterocycles. The van der Waals surface area contributed by atoms with Crippen LogP contribution in [0.2, 0.25) is 0 Å². The lowest BCUT2D eigenvalue weighted by Crippen LogP contribution is -2.44. The molecule has 0 saturated carbocycles. The zero-order chi connectivity index (χ0) is 13.1. The number of nitrogens with one attached hydrogen (secondary N) is 2. The normalized spacial score (nSPS) is 10.6. The molecule has 0 saturated heterocycles. The molecule has 0 aliphatic rings. The van der Waals surface area contributed by atoms with Crippen molar-refractivity contribution in [3.8, 4) is 0 Å². The summed E-state index contributed by atoms with van der Waals surface area (Å²) in [6, 6.07) is 0. The van der Waals surface area contributed by atoms with Crippen molar-refractivity contribution in [3.05, 3.63) is 0 Å². The SMILES string of the molecule is CCCCN(C)C(=NC)NCC(=O)NCCC.I. The van der Waals surface area contributed by atoms with Crippen LogP contribution in [0.25, 0.3) is 0 Å². The van der Waals surface area contributed by atoms with E-state index in [-0.39, 0.29) is 36.4 Å². The maximum absolute atomic E-state index is 11.4. The van der Waals surface area contributed by atoms with E-state index in [1.54, 1.807) is 7.05 Å². The molecule has 18 heavy (non-hydrogen) atoms. The molecule has 0 radical (unpaired) electrons. The van der Waals surface area contributed by atoms with Crippen LogP contribution in [0.5, 0.6) is 0 Å². The van der Waals surface area contributed by atoms with Crippen LogP contribution in [0.3, 0.4) is 0 Å². The molecule has 0 aromatic carbocycles. The number of amides is 1. The van der Waals surface area contributed by atoms with Crippen LogP contribution in [0.4, 0.5) is 0 Å². The lowest BCUT2D eigenvalue weighted by Gasteiger charge is -2.21. The van der Waals surface area contributed by atoms with Gasteiger partial charge in [0.25, 0.3) is 0 Å². The molecule has 5 nitrogen and oxygen atoms in total. The van der Waals surface area contributed by atoms with Gasteiger partial charge in [-0.2, -0.15) is 0 Å². The fraction of sp³-hybridized carbons (Fsp3) is 0.833. The lowest BCUT2D eigenvalue weighted by molar-refractivity contribution is -0.120. The van der Waals surface area contributed by atoms with Crippen molar-refractivity contribution in [1.29, 1.82) is 0 Å². The van der Waals surface area contributed by atoms with E-state index in [1.165, 1.54) is 0 Å². The highest BCUT2D eigenvalue weighted by Crippen LogP contribution is 1.92. The van der Waals surface area contributed by atoms with Gasteiger partial charge in [-0.1, -0.05) is 20.3 Å². The Morgan fingerprint density at radius 3 is 2.39 bits per heavy atom. The van der Waals surface area contributed by atoms with Crippen molar-refractivity contribution < 1.29 is 4.79 Å². The minimum absolute atomic E-state index is 0. The topological polar surface area (TPSA) is 56.7 Å². The van der Waals surface area contributed by atoms with E-state index in [4.69, 9.17) is 0 Å². The van der Waals surface area contributed by atoms with Crippen molar-refractivity contribution in [2.75, 3.05) is 33.7 Å². The van der Waals surface area contributed by atoms with Crippen LogP contribution in [0, 0.1) is 0 Å². The highest BCUT2D eigenvalue weighted by molar-refractivity contribution is 14.0. The summed E-state index contributed by atoms with van der Waals surface area (Å²) in [7, 11) is 3.71. The fourth-order valence-electron chi connectivity index (χ4n) is 1.37. The highest BCUT2D eigenvalue weighted by Gasteiger charge is 2.06. The molecule has 0 unspecified atom stereocenters. The molecular weight excluding hydrogens is 343 g/mol. The van der Waals surface area contributed by atoms with E-state index in [0.29, 0.717) is 0 Å². The van der Waals surface area contributed by atoms with Gasteiger partial charge in [0.2, 0.25) is 5.91 Å². The molecule has 6 heteroatoms. The van der Waals surface area contributed by atoms with Crippen LogP contribution in [-0.2, 0) is 4.79 Å². The summed E-state index contributed by atoms with van der Waals surface area (Å²) in [5.41, 5.74) is 0. The molecule has 0 aliphatic carbocycles. The zero-order valence-electron chi connectivity index (χ0n) is 12.0. The van der Waals surface area contributed by atoms with Gasteiger partial charge in [-0.05, 0) is 12.8 Å². The van der Waals surface area contributed by atoms with Crippen LogP contribution < -0.4 is 10.6 Å². The van der Waals surface area contributed by atoms with Crippen molar-refractivity contribution in [2.45, 2.75) is 33.1 Å². The molecule has 0 atom stereocenters. The number of carbonyl (C=O) groups excluding carboxylic acids is 1. The Kier molecular flexibility index (Phi) is 14.2. The maximum Gasteiger partial charge on any atom is 0.239 e. The van der Waals surface area contributed by atoms with Crippen LogP contribution in [0.1, 0.15) is 33.1 Å². The monoisotopic (exact) mass is 370 g/mol. The van der Waals surface area contributed by atoms with Gasteiger partial charge >= 0.3 is 0 Å². The number of halogens is 1. The molecule has 1 amide bonds. The Hall–Kier alpha value is -0.530. The summed E-state index contributed by atoms with van der Waals surface area (Å²) in [6.45, 7) is 6.15. The third-order valence-electron chi connectivity index (χ3n) is 2.40.